The number of halogens is 6. The zero-order valence-corrected chi connectivity index (χ0v) is 13.8. The average molecular weight is 430 g/mol. The quantitative estimate of drug-likeness (QED) is 0.391. The monoisotopic (exact) mass is 428 g/mol. The Morgan fingerprint density at radius 3 is 2.00 bits per heavy atom. The SMILES string of the molecule is Fc1c(P(Br)Br)cc(-c2ccccc2)cc1C(F)(F)F. The van der Waals surface area contributed by atoms with E-state index in [9.17, 15) is 17.6 Å². The minimum atomic E-state index is -4.73. The van der Waals surface area contributed by atoms with Crippen LogP contribution in [-0.4, -0.2) is 0 Å². The van der Waals surface area contributed by atoms with Crippen molar-refractivity contribution in [1.29, 1.82) is 0 Å². The van der Waals surface area contributed by atoms with Gasteiger partial charge in [-0.05, 0) is 54.2 Å². The van der Waals surface area contributed by atoms with E-state index >= 15 is 0 Å². The van der Waals surface area contributed by atoms with Crippen LogP contribution >= 0.6 is 36.3 Å². The van der Waals surface area contributed by atoms with Crippen LogP contribution in [0.1, 0.15) is 5.56 Å². The fourth-order valence-corrected chi connectivity index (χ4v) is 3.79. The molecule has 0 aliphatic rings. The Morgan fingerprint density at radius 1 is 0.900 bits per heavy atom. The van der Waals surface area contributed by atoms with E-state index in [1.165, 1.54) is 6.07 Å². The van der Waals surface area contributed by atoms with Crippen LogP contribution in [0.5, 0.6) is 0 Å². The molecule has 0 saturated heterocycles. The van der Waals surface area contributed by atoms with Gasteiger partial charge in [-0.2, -0.15) is 13.2 Å². The molecule has 2 aromatic carbocycles. The number of rotatable bonds is 2. The highest BCUT2D eigenvalue weighted by Gasteiger charge is 2.36. The van der Waals surface area contributed by atoms with Crippen LogP contribution in [0, 0.1) is 5.82 Å². The van der Waals surface area contributed by atoms with E-state index in [1.807, 2.05) is 0 Å². The van der Waals surface area contributed by atoms with Gasteiger partial charge in [-0.3, -0.25) is 0 Å². The van der Waals surface area contributed by atoms with Crippen molar-refractivity contribution in [2.24, 2.45) is 0 Å². The van der Waals surface area contributed by atoms with Crippen LogP contribution < -0.4 is 5.30 Å². The third-order valence-corrected chi connectivity index (χ3v) is 5.63. The molecule has 0 spiro atoms. The molecule has 0 saturated carbocycles. The first-order valence-electron chi connectivity index (χ1n) is 5.38. The number of alkyl halides is 3. The van der Waals surface area contributed by atoms with Crippen LogP contribution in [0.25, 0.3) is 11.1 Å². The minimum Gasteiger partial charge on any atom is -0.206 e. The lowest BCUT2D eigenvalue weighted by Gasteiger charge is -2.15. The molecule has 0 atom stereocenters. The van der Waals surface area contributed by atoms with Crippen molar-refractivity contribution in [3.8, 4) is 11.1 Å². The topological polar surface area (TPSA) is 0 Å². The molecule has 0 bridgehead atoms. The van der Waals surface area contributed by atoms with Crippen LogP contribution in [0.3, 0.4) is 0 Å². The van der Waals surface area contributed by atoms with Gasteiger partial charge in [0.2, 0.25) is 0 Å². The van der Waals surface area contributed by atoms with Crippen LogP contribution in [-0.2, 0) is 6.18 Å². The molecule has 2 rings (SSSR count). The van der Waals surface area contributed by atoms with Crippen molar-refractivity contribution in [3.63, 3.8) is 0 Å². The number of hydrogen-bond acceptors (Lipinski definition) is 0. The molecule has 20 heavy (non-hydrogen) atoms. The highest BCUT2D eigenvalue weighted by Crippen LogP contribution is 2.52. The maximum atomic E-state index is 14.0. The van der Waals surface area contributed by atoms with Crippen molar-refractivity contribution < 1.29 is 17.6 Å². The van der Waals surface area contributed by atoms with Gasteiger partial charge in [0, 0.05) is 5.30 Å². The first kappa shape index (κ1) is 15.9. The van der Waals surface area contributed by atoms with E-state index in [0.717, 1.165) is 6.07 Å². The van der Waals surface area contributed by atoms with E-state index in [-0.39, 0.29) is 5.30 Å². The van der Waals surface area contributed by atoms with Gasteiger partial charge in [0.25, 0.3) is 0 Å². The highest BCUT2D eigenvalue weighted by molar-refractivity contribution is 9.70. The molecular formula is C13H7Br2F4P. The summed E-state index contributed by atoms with van der Waals surface area (Å²) in [5, 5.41) is -1.36. The third kappa shape index (κ3) is 3.41. The molecule has 0 aliphatic heterocycles. The second-order valence-corrected chi connectivity index (χ2v) is 12.0. The van der Waals surface area contributed by atoms with Gasteiger partial charge < -0.3 is 0 Å². The summed E-state index contributed by atoms with van der Waals surface area (Å²) in [6.07, 6.45) is -4.73. The first-order valence-corrected chi connectivity index (χ1v) is 10.8. The fourth-order valence-electron chi connectivity index (χ4n) is 1.74. The smallest absolute Gasteiger partial charge is 0.206 e. The Morgan fingerprint density at radius 2 is 1.50 bits per heavy atom. The molecule has 0 radical (unpaired) electrons. The molecule has 2 aromatic rings. The van der Waals surface area contributed by atoms with Crippen molar-refractivity contribution >= 4 is 41.6 Å². The van der Waals surface area contributed by atoms with Gasteiger partial charge in [-0.1, -0.05) is 30.3 Å². The lowest BCUT2D eigenvalue weighted by Crippen LogP contribution is -2.15. The molecule has 106 valence electrons. The normalized spacial score (nSPS) is 11.9. The number of benzene rings is 2. The molecule has 0 nitrogen and oxygen atoms in total. The van der Waals surface area contributed by atoms with Crippen molar-refractivity contribution in [2.45, 2.75) is 6.18 Å². The largest absolute Gasteiger partial charge is 0.419 e. The van der Waals surface area contributed by atoms with E-state index in [2.05, 4.69) is 31.0 Å². The standard InChI is InChI=1S/C13H7Br2F4P/c14-20(15)11-7-9(8-4-2-1-3-5-8)6-10(12(11)16)13(17,18)19/h1-7H. The van der Waals surface area contributed by atoms with Gasteiger partial charge in [-0.15, -0.1) is 0 Å². The summed E-state index contributed by atoms with van der Waals surface area (Å²) in [5.74, 6) is -1.24. The Hall–Kier alpha value is -0.450. The maximum Gasteiger partial charge on any atom is 0.419 e. The summed E-state index contributed by atoms with van der Waals surface area (Å²) in [6.45, 7) is 0. The molecule has 0 aliphatic carbocycles. The van der Waals surface area contributed by atoms with E-state index in [4.69, 9.17) is 0 Å². The molecule has 0 unspecified atom stereocenters. The Labute approximate surface area is 130 Å². The summed E-state index contributed by atoms with van der Waals surface area (Å²) in [5.41, 5.74) is -0.308. The Kier molecular flexibility index (Phi) is 4.88. The summed E-state index contributed by atoms with van der Waals surface area (Å²) in [7, 11) is 0. The molecular weight excluding hydrogens is 423 g/mol. The average Bonchev–Trinajstić information content (AvgIpc) is 2.38. The summed E-state index contributed by atoms with van der Waals surface area (Å²) in [6, 6.07) is 10.8. The van der Waals surface area contributed by atoms with Crippen LogP contribution in [0.2, 0.25) is 0 Å². The van der Waals surface area contributed by atoms with Gasteiger partial charge in [0.05, 0.1) is 10.9 Å². The van der Waals surface area contributed by atoms with Crippen LogP contribution in [0.4, 0.5) is 17.6 Å². The van der Waals surface area contributed by atoms with Crippen molar-refractivity contribution in [2.75, 3.05) is 0 Å². The molecule has 0 fully saturated rings. The molecule has 0 N–H and O–H groups in total. The predicted octanol–water partition coefficient (Wildman–Crippen LogP) is 6.24. The van der Waals surface area contributed by atoms with Crippen LogP contribution in [0.15, 0.2) is 42.5 Å². The van der Waals surface area contributed by atoms with Gasteiger partial charge >= 0.3 is 6.18 Å². The van der Waals surface area contributed by atoms with Crippen molar-refractivity contribution in [1.82, 2.24) is 0 Å². The third-order valence-electron chi connectivity index (χ3n) is 2.65. The Bertz CT molecular complexity index is 612. The lowest BCUT2D eigenvalue weighted by atomic mass is 10.0. The van der Waals surface area contributed by atoms with Crippen molar-refractivity contribution in [3.05, 3.63) is 53.8 Å². The predicted molar refractivity (Wildman–Crippen MR) is 81.2 cm³/mol. The molecule has 0 amide bonds. The number of hydrogen-bond donors (Lipinski definition) is 0. The van der Waals surface area contributed by atoms with Gasteiger partial charge in [0.1, 0.15) is 5.82 Å². The molecule has 0 heterocycles. The van der Waals surface area contributed by atoms with E-state index in [1.54, 1.807) is 30.3 Å². The summed E-state index contributed by atoms with van der Waals surface area (Å²) < 4.78 is 52.7. The zero-order valence-electron chi connectivity index (χ0n) is 9.76. The van der Waals surface area contributed by atoms with E-state index < -0.39 is 22.9 Å². The Balaban J connectivity index is 2.69. The highest BCUT2D eigenvalue weighted by atomic mass is 79.9. The molecule has 0 aromatic heterocycles. The minimum absolute atomic E-state index is 0.0197. The lowest BCUT2D eigenvalue weighted by molar-refractivity contribution is -0.139. The second kappa shape index (κ2) is 6.12. The fraction of sp³-hybridized carbons (Fsp3) is 0.0769. The van der Waals surface area contributed by atoms with E-state index in [0.29, 0.717) is 11.1 Å². The molecule has 7 heteroatoms. The first-order chi connectivity index (χ1) is 9.30. The summed E-state index contributed by atoms with van der Waals surface area (Å²) in [4.78, 5) is 0. The van der Waals surface area contributed by atoms with Gasteiger partial charge in [-0.25, -0.2) is 4.39 Å². The second-order valence-electron chi connectivity index (χ2n) is 3.95. The van der Waals surface area contributed by atoms with Gasteiger partial charge in [0.15, 0.2) is 0 Å². The summed E-state index contributed by atoms with van der Waals surface area (Å²) >= 11 is 6.23. The zero-order chi connectivity index (χ0) is 14.9. The maximum absolute atomic E-state index is 14.0.